The van der Waals surface area contributed by atoms with E-state index in [1.54, 1.807) is 14.2 Å². The number of methoxy groups -OCH3 is 2. The van der Waals surface area contributed by atoms with Gasteiger partial charge >= 0.3 is 0 Å². The molecule has 78 valence electrons. The summed E-state index contributed by atoms with van der Waals surface area (Å²) < 4.78 is 10.2. The van der Waals surface area contributed by atoms with E-state index in [2.05, 4.69) is 6.07 Å². The molecule has 0 heterocycles. The molecule has 0 amide bonds. The molecule has 0 saturated heterocycles. The molecule has 3 nitrogen and oxygen atoms in total. The van der Waals surface area contributed by atoms with Gasteiger partial charge < -0.3 is 15.2 Å². The third-order valence-corrected chi connectivity index (χ3v) is 2.11. The van der Waals surface area contributed by atoms with Crippen LogP contribution in [0.5, 0.6) is 0 Å². The van der Waals surface area contributed by atoms with Crippen molar-refractivity contribution in [2.45, 2.75) is 19.8 Å². The summed E-state index contributed by atoms with van der Waals surface area (Å²) in [6.45, 7) is 1.78. The van der Waals surface area contributed by atoms with Crippen molar-refractivity contribution in [3.8, 4) is 0 Å². The lowest BCUT2D eigenvalue weighted by molar-refractivity contribution is 0.168. The fourth-order valence-electron chi connectivity index (χ4n) is 1.39. The summed E-state index contributed by atoms with van der Waals surface area (Å²) in [5, 5.41) is 0. The van der Waals surface area contributed by atoms with Gasteiger partial charge in [-0.2, -0.15) is 0 Å². The van der Waals surface area contributed by atoms with Crippen LogP contribution in [0.15, 0.2) is 18.2 Å². The molecule has 0 spiro atoms. The fourth-order valence-corrected chi connectivity index (χ4v) is 1.39. The van der Waals surface area contributed by atoms with Crippen LogP contribution in [0.1, 0.15) is 16.7 Å². The summed E-state index contributed by atoms with van der Waals surface area (Å²) in [4.78, 5) is 0. The van der Waals surface area contributed by atoms with Crippen LogP contribution in [0.4, 0.5) is 0 Å². The van der Waals surface area contributed by atoms with Crippen molar-refractivity contribution < 1.29 is 9.47 Å². The number of benzene rings is 1. The summed E-state index contributed by atoms with van der Waals surface area (Å²) in [6, 6.07) is 6.13. The van der Waals surface area contributed by atoms with Gasteiger partial charge in [0.05, 0.1) is 13.2 Å². The van der Waals surface area contributed by atoms with Crippen molar-refractivity contribution in [3.05, 3.63) is 34.9 Å². The molecule has 0 saturated carbocycles. The van der Waals surface area contributed by atoms with Crippen LogP contribution < -0.4 is 5.73 Å². The van der Waals surface area contributed by atoms with E-state index in [0.717, 1.165) is 16.7 Å². The lowest BCUT2D eigenvalue weighted by Crippen LogP contribution is -2.02. The second-order valence-electron chi connectivity index (χ2n) is 3.17. The van der Waals surface area contributed by atoms with Crippen LogP contribution in [-0.4, -0.2) is 14.2 Å². The van der Waals surface area contributed by atoms with Crippen LogP contribution in [0.2, 0.25) is 0 Å². The molecule has 0 unspecified atom stereocenters. The van der Waals surface area contributed by atoms with Gasteiger partial charge in [0.1, 0.15) is 0 Å². The molecular formula is C11H17NO2. The summed E-state index contributed by atoms with van der Waals surface area (Å²) in [5.74, 6) is 0. The first-order valence-electron chi connectivity index (χ1n) is 4.60. The second-order valence-corrected chi connectivity index (χ2v) is 3.17. The standard InChI is InChI=1S/C11H17NO2/c1-13-7-10-4-3-9(6-12)5-11(10)8-14-2/h3-5H,6-8,12H2,1-2H3. The average molecular weight is 195 g/mol. The molecule has 0 aliphatic carbocycles. The Morgan fingerprint density at radius 3 is 2.29 bits per heavy atom. The second kappa shape index (κ2) is 5.75. The van der Waals surface area contributed by atoms with Gasteiger partial charge in [0.15, 0.2) is 0 Å². The Balaban J connectivity index is 2.91. The molecule has 0 aromatic heterocycles. The Kier molecular flexibility index (Phi) is 4.59. The molecule has 0 aliphatic rings. The molecular weight excluding hydrogens is 178 g/mol. The normalized spacial score (nSPS) is 10.5. The highest BCUT2D eigenvalue weighted by Gasteiger charge is 2.02. The fraction of sp³-hybridized carbons (Fsp3) is 0.455. The van der Waals surface area contributed by atoms with E-state index in [-0.39, 0.29) is 0 Å². The van der Waals surface area contributed by atoms with Crippen LogP contribution >= 0.6 is 0 Å². The molecule has 0 aliphatic heterocycles. The lowest BCUT2D eigenvalue weighted by Gasteiger charge is -2.09. The minimum atomic E-state index is 0.560. The van der Waals surface area contributed by atoms with Gasteiger partial charge in [0.25, 0.3) is 0 Å². The SMILES string of the molecule is COCc1ccc(CN)cc1COC. The maximum Gasteiger partial charge on any atom is 0.0716 e. The summed E-state index contributed by atoms with van der Waals surface area (Å²) in [7, 11) is 3.37. The number of ether oxygens (including phenoxy) is 2. The van der Waals surface area contributed by atoms with E-state index >= 15 is 0 Å². The highest BCUT2D eigenvalue weighted by atomic mass is 16.5. The van der Waals surface area contributed by atoms with Crippen molar-refractivity contribution >= 4 is 0 Å². The largest absolute Gasteiger partial charge is 0.380 e. The zero-order chi connectivity index (χ0) is 10.4. The first kappa shape index (κ1) is 11.2. The smallest absolute Gasteiger partial charge is 0.0716 e. The summed E-state index contributed by atoms with van der Waals surface area (Å²) in [6.07, 6.45) is 0. The van der Waals surface area contributed by atoms with Crippen LogP contribution in [-0.2, 0) is 29.2 Å². The number of rotatable bonds is 5. The van der Waals surface area contributed by atoms with Crippen LogP contribution in [0, 0.1) is 0 Å². The molecule has 0 bridgehead atoms. The minimum Gasteiger partial charge on any atom is -0.380 e. The molecule has 1 rings (SSSR count). The van der Waals surface area contributed by atoms with E-state index in [0.29, 0.717) is 19.8 Å². The maximum absolute atomic E-state index is 5.57. The van der Waals surface area contributed by atoms with E-state index in [4.69, 9.17) is 15.2 Å². The van der Waals surface area contributed by atoms with Gasteiger partial charge in [-0.3, -0.25) is 0 Å². The van der Waals surface area contributed by atoms with Gasteiger partial charge in [0.2, 0.25) is 0 Å². The van der Waals surface area contributed by atoms with E-state index in [9.17, 15) is 0 Å². The highest BCUT2D eigenvalue weighted by Crippen LogP contribution is 2.14. The molecule has 1 aromatic rings. The first-order valence-corrected chi connectivity index (χ1v) is 4.60. The van der Waals surface area contributed by atoms with Gasteiger partial charge in [0, 0.05) is 20.8 Å². The molecule has 0 atom stereocenters. The molecule has 0 fully saturated rings. The van der Waals surface area contributed by atoms with E-state index in [1.165, 1.54) is 0 Å². The third-order valence-electron chi connectivity index (χ3n) is 2.11. The van der Waals surface area contributed by atoms with Crippen LogP contribution in [0.25, 0.3) is 0 Å². The number of nitrogens with two attached hydrogens (primary N) is 1. The molecule has 2 N–H and O–H groups in total. The summed E-state index contributed by atoms with van der Waals surface area (Å²) >= 11 is 0. The monoisotopic (exact) mass is 195 g/mol. The van der Waals surface area contributed by atoms with Crippen molar-refractivity contribution in [3.63, 3.8) is 0 Å². The zero-order valence-corrected chi connectivity index (χ0v) is 8.75. The maximum atomic E-state index is 5.57. The molecule has 3 heteroatoms. The van der Waals surface area contributed by atoms with Crippen molar-refractivity contribution in [2.75, 3.05) is 14.2 Å². The van der Waals surface area contributed by atoms with Gasteiger partial charge in [-0.05, 0) is 16.7 Å². The zero-order valence-electron chi connectivity index (χ0n) is 8.75. The van der Waals surface area contributed by atoms with Crippen LogP contribution in [0.3, 0.4) is 0 Å². The van der Waals surface area contributed by atoms with Gasteiger partial charge in [-0.25, -0.2) is 0 Å². The molecule has 1 aromatic carbocycles. The Hall–Kier alpha value is -0.900. The van der Waals surface area contributed by atoms with Crippen molar-refractivity contribution in [2.24, 2.45) is 5.73 Å². The Bertz CT molecular complexity index is 287. The van der Waals surface area contributed by atoms with E-state index < -0.39 is 0 Å². The molecule has 0 radical (unpaired) electrons. The first-order chi connectivity index (χ1) is 6.81. The average Bonchev–Trinajstić information content (AvgIpc) is 2.21. The number of hydrogen-bond donors (Lipinski definition) is 1. The van der Waals surface area contributed by atoms with Gasteiger partial charge in [-0.1, -0.05) is 18.2 Å². The van der Waals surface area contributed by atoms with Crippen molar-refractivity contribution in [1.82, 2.24) is 0 Å². The Labute approximate surface area is 84.8 Å². The van der Waals surface area contributed by atoms with Gasteiger partial charge in [-0.15, -0.1) is 0 Å². The highest BCUT2D eigenvalue weighted by molar-refractivity contribution is 5.31. The third kappa shape index (κ3) is 2.80. The minimum absolute atomic E-state index is 0.560. The summed E-state index contributed by atoms with van der Waals surface area (Å²) in [5.41, 5.74) is 9.00. The van der Waals surface area contributed by atoms with E-state index in [1.807, 2.05) is 12.1 Å². The Morgan fingerprint density at radius 2 is 1.71 bits per heavy atom. The lowest BCUT2D eigenvalue weighted by atomic mass is 10.0. The topological polar surface area (TPSA) is 44.5 Å². The molecule has 14 heavy (non-hydrogen) atoms. The predicted molar refractivity (Wildman–Crippen MR) is 55.8 cm³/mol. The Morgan fingerprint density at radius 1 is 1.07 bits per heavy atom. The quantitative estimate of drug-likeness (QED) is 0.773. The number of hydrogen-bond acceptors (Lipinski definition) is 3. The predicted octanol–water partition coefficient (Wildman–Crippen LogP) is 1.44. The van der Waals surface area contributed by atoms with Crippen molar-refractivity contribution in [1.29, 1.82) is 0 Å².